The molecule has 25 heteroatoms. The predicted octanol–water partition coefficient (Wildman–Crippen LogP) is 5.68. The molecule has 25 nitrogen and oxygen atoms in total. The molecule has 4 fully saturated rings. The van der Waals surface area contributed by atoms with Crippen LogP contribution in [0.5, 0.6) is 5.75 Å². The largest absolute Gasteiger partial charge is 0.508 e. The molecule has 11 N–H and O–H groups in total. The Kier molecular flexibility index (Phi) is 41.1. The Balaban J connectivity index is 0.000000415. The third-order valence-electron chi connectivity index (χ3n) is 15.0. The predicted molar refractivity (Wildman–Crippen MR) is 318 cm³/mol. The highest BCUT2D eigenvalue weighted by molar-refractivity contribution is 5.89. The van der Waals surface area contributed by atoms with Gasteiger partial charge in [0.2, 0.25) is 0 Å². The van der Waals surface area contributed by atoms with E-state index in [0.717, 1.165) is 83.1 Å². The van der Waals surface area contributed by atoms with Crippen LogP contribution in [0.4, 0.5) is 0 Å². The number of rotatable bonds is 34. The smallest absolute Gasteiger partial charge is 0.338 e. The molecule has 0 aliphatic carbocycles. The van der Waals surface area contributed by atoms with Crippen molar-refractivity contribution in [1.29, 1.82) is 0 Å². The van der Waals surface area contributed by atoms with Gasteiger partial charge in [-0.15, -0.1) is 0 Å². The van der Waals surface area contributed by atoms with E-state index in [1.165, 1.54) is 24.3 Å². The number of benzene rings is 1. The molecule has 4 saturated heterocycles. The van der Waals surface area contributed by atoms with E-state index in [1.807, 2.05) is 13.8 Å². The van der Waals surface area contributed by atoms with Crippen LogP contribution < -0.4 is 0 Å². The standard InChI is InChI=1S/C22H30O8.C20H38O6.C12H22O5.C9H16O6/c1-14(7-5-3-4-6-8-20(25)26)28-22-18(24)13-19(15(2)29-22)30-21(27)16-9-11-17(23)12-10-16;1-15(25-20-19(24)14-18(23)16(2)26-20)10-7-5-3-4-6-8-11-17(22)12-9-13-21;1-8(13)5-3-4-6-16-12-11(15)7-10(14)9(2)17-12;1-5-6(10)4-7(11)9(15-5)14-3-2-8(12)13/h6,8-12,14-15,18-19,22-24H,3-5,7,13H2,1-2H3,(H,25,26);15-16,18-21,23-24H,3-14H2,1-2H3;9-12,14-15H,3-7H2,1-2H3;5-7,9-11H,2-4H2,1H3,(H,12,13)/b8-6+;;;/t14-,15?,18?,19-,22-;15-,16?,18-,19?,20-;9?,10-,11?,12-;5?,6-,7?,9-/m1111/s1. The summed E-state index contributed by atoms with van der Waals surface area (Å²) in [6.45, 7) is 13.0. The van der Waals surface area contributed by atoms with E-state index in [1.54, 1.807) is 40.7 Å². The van der Waals surface area contributed by atoms with Gasteiger partial charge < -0.3 is 104 Å². The Morgan fingerprint density at radius 3 is 1.49 bits per heavy atom. The average Bonchev–Trinajstić information content (AvgIpc) is 3.67. The second kappa shape index (κ2) is 45.2. The Bertz CT molecular complexity index is 2100. The van der Waals surface area contributed by atoms with Crippen LogP contribution in [0.25, 0.3) is 0 Å². The minimum absolute atomic E-state index is 0.0140. The van der Waals surface area contributed by atoms with Crippen molar-refractivity contribution in [3.05, 3.63) is 42.0 Å². The number of carboxylic acid groups (broad SMARTS) is 2. The Labute approximate surface area is 518 Å². The van der Waals surface area contributed by atoms with E-state index in [0.29, 0.717) is 50.7 Å². The molecular weight excluding hydrogens is 1160 g/mol. The van der Waals surface area contributed by atoms with Crippen molar-refractivity contribution in [3.63, 3.8) is 0 Å². The number of phenolic OH excluding ortho intramolecular Hbond substituents is 1. The van der Waals surface area contributed by atoms with E-state index in [9.17, 15) is 64.8 Å². The molecule has 0 bridgehead atoms. The quantitative estimate of drug-likeness (QED) is 0.0224. The first-order chi connectivity index (χ1) is 41.7. The van der Waals surface area contributed by atoms with Gasteiger partial charge >= 0.3 is 17.9 Å². The van der Waals surface area contributed by atoms with Crippen LogP contribution in [-0.2, 0) is 61.8 Å². The maximum Gasteiger partial charge on any atom is 0.338 e. The van der Waals surface area contributed by atoms with E-state index in [-0.39, 0.29) is 80.6 Å². The van der Waals surface area contributed by atoms with Gasteiger partial charge in [-0.3, -0.25) is 9.59 Å². The Morgan fingerprint density at radius 2 is 0.977 bits per heavy atom. The van der Waals surface area contributed by atoms with Crippen LogP contribution in [0.3, 0.4) is 0 Å². The van der Waals surface area contributed by atoms with Gasteiger partial charge in [-0.2, -0.15) is 0 Å². The molecule has 18 atom stereocenters. The third kappa shape index (κ3) is 34.9. The summed E-state index contributed by atoms with van der Waals surface area (Å²) in [5.74, 6) is -1.96. The first-order valence-electron chi connectivity index (χ1n) is 31.4. The number of ketones is 2. The molecule has 1 aromatic rings. The van der Waals surface area contributed by atoms with Crippen molar-refractivity contribution in [1.82, 2.24) is 0 Å². The van der Waals surface area contributed by atoms with Gasteiger partial charge in [-0.25, -0.2) is 9.59 Å². The van der Waals surface area contributed by atoms with Gasteiger partial charge in [0.25, 0.3) is 0 Å². The fourth-order valence-electron chi connectivity index (χ4n) is 9.53. The second-order valence-corrected chi connectivity index (χ2v) is 23.2. The van der Waals surface area contributed by atoms with E-state index in [4.69, 9.17) is 58.0 Å². The molecule has 88 heavy (non-hydrogen) atoms. The van der Waals surface area contributed by atoms with Gasteiger partial charge in [0, 0.05) is 64.2 Å². The number of ether oxygens (including phenoxy) is 9. The van der Waals surface area contributed by atoms with Crippen LogP contribution in [0.2, 0.25) is 0 Å². The summed E-state index contributed by atoms with van der Waals surface area (Å²) in [6, 6.07) is 5.74. The summed E-state index contributed by atoms with van der Waals surface area (Å²) in [7, 11) is 0. The molecule has 0 spiro atoms. The van der Waals surface area contributed by atoms with Gasteiger partial charge in [-0.1, -0.05) is 44.6 Å². The number of unbranched alkanes of at least 4 members (excludes halogenated alkanes) is 8. The molecule has 5 rings (SSSR count). The lowest BCUT2D eigenvalue weighted by Crippen LogP contribution is -2.49. The zero-order valence-corrected chi connectivity index (χ0v) is 52.7. The molecule has 0 radical (unpaired) electrons. The van der Waals surface area contributed by atoms with Gasteiger partial charge in [-0.05, 0) is 124 Å². The lowest BCUT2D eigenvalue weighted by Gasteiger charge is -2.38. The maximum atomic E-state index is 12.3. The lowest BCUT2D eigenvalue weighted by molar-refractivity contribution is -0.273. The summed E-state index contributed by atoms with van der Waals surface area (Å²) in [5, 5.41) is 103. The maximum absolute atomic E-state index is 12.3. The van der Waals surface area contributed by atoms with Crippen LogP contribution in [-0.4, -0.2) is 216 Å². The number of carbonyl (C=O) groups is 5. The number of allylic oxidation sites excluding steroid dienone is 1. The van der Waals surface area contributed by atoms with E-state index in [2.05, 4.69) is 0 Å². The van der Waals surface area contributed by atoms with Gasteiger partial charge in [0.05, 0.1) is 73.5 Å². The van der Waals surface area contributed by atoms with Crippen LogP contribution in [0, 0.1) is 0 Å². The van der Waals surface area contributed by atoms with Crippen LogP contribution >= 0.6 is 0 Å². The Hall–Kier alpha value is -4.13. The first-order valence-corrected chi connectivity index (χ1v) is 31.4. The summed E-state index contributed by atoms with van der Waals surface area (Å²) < 4.78 is 49.3. The molecule has 508 valence electrons. The van der Waals surface area contributed by atoms with Crippen molar-refractivity contribution in [3.8, 4) is 5.75 Å². The van der Waals surface area contributed by atoms with Crippen molar-refractivity contribution >= 4 is 29.5 Å². The van der Waals surface area contributed by atoms with E-state index >= 15 is 0 Å². The molecule has 1 aromatic carbocycles. The highest BCUT2D eigenvalue weighted by atomic mass is 16.7. The minimum Gasteiger partial charge on any atom is -0.508 e. The SMILES string of the molecule is CC(=O)CCCCO[C@@H]1OC(C)[C@H](O)CC1O.CC1O[C@@H](OCCC(=O)O)C(O)C[C@H]1O.CC1O[C@@H](O[C@H](C)CCCC/C=C/C(=O)O)C(O)C[C@H]1OC(=O)c1ccc(O)cc1.CC1O[C@@H](O[C@H](C)CCCCCCCCC(=O)CCCO)C(O)C[C@H]1O. The zero-order chi connectivity index (χ0) is 65.7. The number of carbonyl (C=O) groups excluding carboxylic acids is 3. The summed E-state index contributed by atoms with van der Waals surface area (Å²) >= 11 is 0. The third-order valence-corrected chi connectivity index (χ3v) is 15.0. The molecule has 4 heterocycles. The highest BCUT2D eigenvalue weighted by Crippen LogP contribution is 2.28. The van der Waals surface area contributed by atoms with Crippen LogP contribution in [0.15, 0.2) is 36.4 Å². The second-order valence-electron chi connectivity index (χ2n) is 23.2. The van der Waals surface area contributed by atoms with Gasteiger partial charge in [0.15, 0.2) is 25.2 Å². The number of aromatic hydroxyl groups is 1. The summed E-state index contributed by atoms with van der Waals surface area (Å²) in [4.78, 5) is 55.1. The topological polar surface area (TPSA) is 391 Å². The molecule has 8 unspecified atom stereocenters. The number of phenols is 1. The molecule has 0 amide bonds. The monoisotopic (exact) mass is 1260 g/mol. The van der Waals surface area contributed by atoms with Crippen molar-refractivity contribution in [2.45, 2.75) is 300 Å². The zero-order valence-electron chi connectivity index (χ0n) is 52.7. The summed E-state index contributed by atoms with van der Waals surface area (Å²) in [5.41, 5.74) is 0.305. The van der Waals surface area contributed by atoms with Crippen molar-refractivity contribution in [2.75, 3.05) is 19.8 Å². The molecular formula is C63H106O25. The number of Topliss-reactive ketones (excluding diaryl/α,β-unsaturated/α-hetero) is 2. The first kappa shape index (κ1) is 80.0. The van der Waals surface area contributed by atoms with Crippen molar-refractivity contribution in [2.24, 2.45) is 0 Å². The van der Waals surface area contributed by atoms with Crippen molar-refractivity contribution < 1.29 is 123 Å². The van der Waals surface area contributed by atoms with E-state index < -0.39 is 104 Å². The molecule has 0 aromatic heterocycles. The number of hydrogen-bond donors (Lipinski definition) is 11. The minimum atomic E-state index is -0.964. The molecule has 4 aliphatic heterocycles. The van der Waals surface area contributed by atoms with Crippen LogP contribution in [0.1, 0.15) is 200 Å². The number of aliphatic hydroxyl groups is 8. The number of aliphatic carboxylic acids is 2. The number of aliphatic hydroxyl groups excluding tert-OH is 8. The lowest BCUT2D eigenvalue weighted by atomic mass is 10.0. The van der Waals surface area contributed by atoms with Gasteiger partial charge in [0.1, 0.15) is 47.8 Å². The Morgan fingerprint density at radius 1 is 0.534 bits per heavy atom. The molecule has 0 saturated carbocycles. The number of hydrogen-bond acceptors (Lipinski definition) is 23. The fourth-order valence-corrected chi connectivity index (χ4v) is 9.53. The molecule has 4 aliphatic rings. The highest BCUT2D eigenvalue weighted by Gasteiger charge is 2.40. The summed E-state index contributed by atoms with van der Waals surface area (Å²) in [6.07, 6.45) is 7.44. The number of esters is 1. The normalized spacial score (nSPS) is 29.4. The number of carboxylic acids is 2. The average molecular weight is 1260 g/mol. The fraction of sp³-hybridized carbons (Fsp3) is 0.794.